The zero-order valence-electron chi connectivity index (χ0n) is 8.36. The van der Waals surface area contributed by atoms with Gasteiger partial charge < -0.3 is 5.32 Å². The van der Waals surface area contributed by atoms with Crippen LogP contribution < -0.4 is 16.2 Å². The van der Waals surface area contributed by atoms with Gasteiger partial charge in [0.15, 0.2) is 0 Å². The third-order valence-corrected chi connectivity index (χ3v) is 2.98. The van der Waals surface area contributed by atoms with Gasteiger partial charge in [-0.2, -0.15) is 0 Å². The average Bonchev–Trinajstić information content (AvgIpc) is 2.29. The molecular weight excluding hydrogens is 258 g/mol. The first-order valence-electron chi connectivity index (χ1n) is 4.99. The van der Waals surface area contributed by atoms with Gasteiger partial charge in [-0.1, -0.05) is 0 Å². The number of hydrazine groups is 1. The van der Waals surface area contributed by atoms with Crippen molar-refractivity contribution in [2.75, 3.05) is 18.1 Å². The van der Waals surface area contributed by atoms with Crippen LogP contribution in [0.5, 0.6) is 0 Å². The second-order valence-electron chi connectivity index (χ2n) is 3.61. The molecule has 1 aromatic heterocycles. The van der Waals surface area contributed by atoms with E-state index in [1.807, 2.05) is 6.07 Å². The van der Waals surface area contributed by atoms with Crippen molar-refractivity contribution in [2.24, 2.45) is 5.84 Å². The summed E-state index contributed by atoms with van der Waals surface area (Å²) in [7, 11) is 0. The van der Waals surface area contributed by atoms with Crippen LogP contribution in [0.25, 0.3) is 0 Å². The maximum atomic E-state index is 6.02. The number of hydrogen-bond acceptors (Lipinski definition) is 5. The normalized spacial score (nSPS) is 21.3. The minimum Gasteiger partial charge on any atom is -0.315 e. The monoisotopic (exact) mass is 271 g/mol. The molecule has 1 fully saturated rings. The Balaban J connectivity index is 2.08. The van der Waals surface area contributed by atoms with E-state index in [0.717, 1.165) is 36.4 Å². The molecule has 0 aliphatic carbocycles. The van der Waals surface area contributed by atoms with E-state index in [9.17, 15) is 0 Å². The first-order valence-corrected chi connectivity index (χ1v) is 5.79. The van der Waals surface area contributed by atoms with Gasteiger partial charge in [-0.15, -0.1) is 0 Å². The molecule has 1 saturated heterocycles. The molecule has 1 unspecified atom stereocenters. The van der Waals surface area contributed by atoms with Crippen LogP contribution in [0.1, 0.15) is 12.8 Å². The molecule has 15 heavy (non-hydrogen) atoms. The summed E-state index contributed by atoms with van der Waals surface area (Å²) in [5.74, 6) is 6.78. The van der Waals surface area contributed by atoms with Crippen LogP contribution in [-0.4, -0.2) is 29.1 Å². The van der Waals surface area contributed by atoms with Gasteiger partial charge in [-0.05, 0) is 35.3 Å². The highest BCUT2D eigenvalue weighted by Gasteiger charge is 2.19. The Hall–Kier alpha value is -0.720. The molecule has 1 aliphatic rings. The number of nitrogens with one attached hydrogen (secondary N) is 1. The molecule has 3 N–H and O–H groups in total. The second kappa shape index (κ2) is 4.87. The van der Waals surface area contributed by atoms with Crippen molar-refractivity contribution in [1.82, 2.24) is 15.3 Å². The molecule has 0 amide bonds. The van der Waals surface area contributed by atoms with Gasteiger partial charge >= 0.3 is 0 Å². The third kappa shape index (κ3) is 2.64. The van der Waals surface area contributed by atoms with Gasteiger partial charge in [-0.3, -0.25) is 5.01 Å². The lowest BCUT2D eigenvalue weighted by molar-refractivity contribution is 0.433. The Bertz CT molecular complexity index is 326. The van der Waals surface area contributed by atoms with Crippen LogP contribution in [0, 0.1) is 0 Å². The fourth-order valence-corrected chi connectivity index (χ4v) is 2.02. The lowest BCUT2D eigenvalue weighted by atomic mass is 10.1. The molecule has 0 bridgehead atoms. The van der Waals surface area contributed by atoms with Crippen molar-refractivity contribution in [2.45, 2.75) is 18.9 Å². The molecule has 0 saturated carbocycles. The van der Waals surface area contributed by atoms with Crippen LogP contribution in [0.15, 0.2) is 17.0 Å². The molecule has 0 radical (unpaired) electrons. The number of anilines is 1. The third-order valence-electron chi connectivity index (χ3n) is 2.55. The zero-order chi connectivity index (χ0) is 10.7. The second-order valence-corrected chi connectivity index (χ2v) is 4.42. The molecule has 2 heterocycles. The van der Waals surface area contributed by atoms with Gasteiger partial charge in [0.05, 0.1) is 6.04 Å². The fourth-order valence-electron chi connectivity index (χ4n) is 1.72. The Morgan fingerprint density at radius 3 is 3.07 bits per heavy atom. The molecule has 0 aromatic carbocycles. The van der Waals surface area contributed by atoms with Gasteiger partial charge in [0.1, 0.15) is 16.7 Å². The topological polar surface area (TPSA) is 67.1 Å². The van der Waals surface area contributed by atoms with Crippen LogP contribution in [0.3, 0.4) is 0 Å². The van der Waals surface area contributed by atoms with Crippen molar-refractivity contribution < 1.29 is 0 Å². The van der Waals surface area contributed by atoms with E-state index in [1.54, 1.807) is 5.01 Å². The number of hydrogen-bond donors (Lipinski definition) is 2. The Morgan fingerprint density at radius 2 is 2.40 bits per heavy atom. The van der Waals surface area contributed by atoms with Crippen molar-refractivity contribution >= 4 is 21.7 Å². The SMILES string of the molecule is NN(c1cc(Br)ncn1)C1CCCNC1. The van der Waals surface area contributed by atoms with E-state index in [1.165, 1.54) is 6.33 Å². The molecule has 5 nitrogen and oxygen atoms in total. The van der Waals surface area contributed by atoms with Crippen molar-refractivity contribution in [1.29, 1.82) is 0 Å². The summed E-state index contributed by atoms with van der Waals surface area (Å²) < 4.78 is 0.756. The van der Waals surface area contributed by atoms with Crippen molar-refractivity contribution in [3.63, 3.8) is 0 Å². The van der Waals surface area contributed by atoms with Crippen LogP contribution in [0.2, 0.25) is 0 Å². The van der Waals surface area contributed by atoms with Crippen LogP contribution in [0.4, 0.5) is 5.82 Å². The number of halogens is 1. The lowest BCUT2D eigenvalue weighted by Gasteiger charge is -2.31. The predicted molar refractivity (Wildman–Crippen MR) is 62.3 cm³/mol. The van der Waals surface area contributed by atoms with Crippen molar-refractivity contribution in [3.8, 4) is 0 Å². The fraction of sp³-hybridized carbons (Fsp3) is 0.556. The molecular formula is C9H14BrN5. The van der Waals surface area contributed by atoms with E-state index >= 15 is 0 Å². The molecule has 1 atom stereocenters. The number of rotatable bonds is 2. The molecule has 0 spiro atoms. The van der Waals surface area contributed by atoms with E-state index < -0.39 is 0 Å². The minimum absolute atomic E-state index is 0.320. The first-order chi connectivity index (χ1) is 7.27. The Morgan fingerprint density at radius 1 is 1.53 bits per heavy atom. The largest absolute Gasteiger partial charge is 0.315 e. The predicted octanol–water partition coefficient (Wildman–Crippen LogP) is 0.671. The maximum Gasteiger partial charge on any atom is 0.147 e. The van der Waals surface area contributed by atoms with Gasteiger partial charge in [0.25, 0.3) is 0 Å². The summed E-state index contributed by atoms with van der Waals surface area (Å²) in [4.78, 5) is 8.12. The molecule has 1 aromatic rings. The summed E-state index contributed by atoms with van der Waals surface area (Å²) in [5, 5.41) is 5.04. The first kappa shape index (κ1) is 10.8. The standard InChI is InChI=1S/C9H14BrN5/c10-8-4-9(14-6-13-8)15(11)7-2-1-3-12-5-7/h4,6-7,12H,1-3,5,11H2. The van der Waals surface area contributed by atoms with Gasteiger partial charge in [-0.25, -0.2) is 15.8 Å². The smallest absolute Gasteiger partial charge is 0.147 e. The van der Waals surface area contributed by atoms with Gasteiger partial charge in [0, 0.05) is 12.6 Å². The zero-order valence-corrected chi connectivity index (χ0v) is 9.94. The molecule has 6 heteroatoms. The summed E-state index contributed by atoms with van der Waals surface area (Å²) in [6.07, 6.45) is 3.77. The number of aromatic nitrogens is 2. The van der Waals surface area contributed by atoms with E-state index in [-0.39, 0.29) is 0 Å². The Labute approximate surface area is 97.2 Å². The van der Waals surface area contributed by atoms with Crippen LogP contribution in [-0.2, 0) is 0 Å². The highest BCUT2D eigenvalue weighted by molar-refractivity contribution is 9.10. The maximum absolute atomic E-state index is 6.02. The lowest BCUT2D eigenvalue weighted by Crippen LogP contribution is -2.50. The highest BCUT2D eigenvalue weighted by Crippen LogP contribution is 2.17. The molecule has 1 aliphatic heterocycles. The summed E-state index contributed by atoms with van der Waals surface area (Å²) in [6, 6.07) is 2.15. The Kier molecular flexibility index (Phi) is 3.50. The number of nitrogens with two attached hydrogens (primary N) is 1. The molecule has 82 valence electrons. The highest BCUT2D eigenvalue weighted by atomic mass is 79.9. The number of nitrogens with zero attached hydrogens (tertiary/aromatic N) is 3. The molecule has 2 rings (SSSR count). The summed E-state index contributed by atoms with van der Waals surface area (Å²) >= 11 is 3.31. The van der Waals surface area contributed by atoms with Crippen LogP contribution >= 0.6 is 15.9 Å². The summed E-state index contributed by atoms with van der Waals surface area (Å²) in [5.41, 5.74) is 0. The van der Waals surface area contributed by atoms with E-state index in [4.69, 9.17) is 5.84 Å². The van der Waals surface area contributed by atoms with Gasteiger partial charge in [0.2, 0.25) is 0 Å². The average molecular weight is 272 g/mol. The van der Waals surface area contributed by atoms with E-state index in [2.05, 4.69) is 31.2 Å². The summed E-state index contributed by atoms with van der Waals surface area (Å²) in [6.45, 7) is 2.00. The quantitative estimate of drug-likeness (QED) is 0.470. The number of piperidine rings is 1. The van der Waals surface area contributed by atoms with E-state index in [0.29, 0.717) is 6.04 Å². The van der Waals surface area contributed by atoms with Crippen molar-refractivity contribution in [3.05, 3.63) is 17.0 Å². The minimum atomic E-state index is 0.320.